The molecule has 0 amide bonds. The summed E-state index contributed by atoms with van der Waals surface area (Å²) in [4.78, 5) is 5.18. The molecule has 0 bridgehead atoms. The molecule has 2 fully saturated rings. The lowest BCUT2D eigenvalue weighted by Gasteiger charge is -2.33. The van der Waals surface area contributed by atoms with Crippen LogP contribution in [0.5, 0.6) is 0 Å². The van der Waals surface area contributed by atoms with Gasteiger partial charge in [0.05, 0.1) is 22.7 Å². The third kappa shape index (κ3) is 9.29. The molecule has 90 heavy (non-hydrogen) atoms. The van der Waals surface area contributed by atoms with Gasteiger partial charge in [-0.05, 0) is 177 Å². The molecule has 4 heteroatoms. The zero-order valence-electron chi connectivity index (χ0n) is 53.1. The quantitative estimate of drug-likeness (QED) is 0.102. The zero-order valence-corrected chi connectivity index (χ0v) is 53.1. The highest BCUT2D eigenvalue weighted by Crippen LogP contribution is 2.56. The van der Waals surface area contributed by atoms with E-state index in [0.717, 1.165) is 90.6 Å². The number of anilines is 6. The molecule has 0 atom stereocenters. The molecule has 2 heterocycles. The fraction of sp³-hybridized carbons (Fsp3) is 0.256. The van der Waals surface area contributed by atoms with Crippen molar-refractivity contribution in [2.75, 3.05) is 9.80 Å². The van der Waals surface area contributed by atoms with Crippen molar-refractivity contribution in [2.45, 2.75) is 142 Å². The SMILES string of the molecule is CCc1cccc(N(c2cc(C3CCCCC3)c3ccc4c(N(c5cccc(CC)c5)c5cccc6c5oc5c(-c7ccccc7C(C)C)cccc56)cc(C5CCCCC5)c5ccc2c3c54)c2cccc3c2oc2c(-c4ccccc4C(C)C)cccc23)c1. The van der Waals surface area contributed by atoms with E-state index in [9.17, 15) is 0 Å². The van der Waals surface area contributed by atoms with Gasteiger partial charge in [0.1, 0.15) is 11.2 Å². The molecule has 2 saturated carbocycles. The Bertz CT molecular complexity index is 4720. The molecular formula is C86H80N2O2. The Labute approximate surface area is 530 Å². The topological polar surface area (TPSA) is 32.8 Å². The van der Waals surface area contributed by atoms with Crippen LogP contribution in [0.25, 0.3) is 98.4 Å². The molecule has 0 aliphatic heterocycles. The highest BCUT2D eigenvalue weighted by Gasteiger charge is 2.32. The number of aryl methyl sites for hydroxylation is 2. The first kappa shape index (κ1) is 56.1. The number of furan rings is 2. The average Bonchev–Trinajstić information content (AvgIpc) is 1.55. The van der Waals surface area contributed by atoms with Crippen LogP contribution in [0.1, 0.15) is 163 Å². The summed E-state index contributed by atoms with van der Waals surface area (Å²) < 4.78 is 15.0. The molecule has 0 spiro atoms. The van der Waals surface area contributed by atoms with Crippen molar-refractivity contribution >= 4 is 110 Å². The Morgan fingerprint density at radius 2 is 0.700 bits per heavy atom. The minimum Gasteiger partial charge on any atom is -0.453 e. The number of fused-ring (bicyclic) bond motifs is 6. The van der Waals surface area contributed by atoms with Crippen LogP contribution >= 0.6 is 0 Å². The second kappa shape index (κ2) is 23.0. The fourth-order valence-corrected chi connectivity index (χ4v) is 16.4. The third-order valence-corrected chi connectivity index (χ3v) is 20.9. The van der Waals surface area contributed by atoms with E-state index >= 15 is 0 Å². The van der Waals surface area contributed by atoms with Gasteiger partial charge >= 0.3 is 0 Å². The lowest BCUT2D eigenvalue weighted by molar-refractivity contribution is 0.445. The molecule has 2 aliphatic carbocycles. The average molecular weight is 1170 g/mol. The molecule has 2 aromatic heterocycles. The summed E-state index contributed by atoms with van der Waals surface area (Å²) in [6, 6.07) is 78.9. The predicted octanol–water partition coefficient (Wildman–Crippen LogP) is 26.1. The van der Waals surface area contributed by atoms with Crippen molar-refractivity contribution in [3.05, 3.63) is 240 Å². The second-order valence-corrected chi connectivity index (χ2v) is 26.8. The Balaban J connectivity index is 1.00. The first-order chi connectivity index (χ1) is 44.2. The van der Waals surface area contributed by atoms with Crippen molar-refractivity contribution in [1.29, 1.82) is 0 Å². The first-order valence-corrected chi connectivity index (χ1v) is 33.9. The monoisotopic (exact) mass is 1170 g/mol. The summed E-state index contributed by atoms with van der Waals surface area (Å²) in [7, 11) is 0. The van der Waals surface area contributed by atoms with Crippen LogP contribution in [-0.4, -0.2) is 0 Å². The van der Waals surface area contributed by atoms with E-state index in [1.165, 1.54) is 152 Å². The largest absolute Gasteiger partial charge is 0.453 e. The van der Waals surface area contributed by atoms with Crippen molar-refractivity contribution < 1.29 is 8.83 Å². The van der Waals surface area contributed by atoms with Gasteiger partial charge < -0.3 is 18.6 Å². The van der Waals surface area contributed by atoms with Crippen molar-refractivity contribution in [3.63, 3.8) is 0 Å². The van der Waals surface area contributed by atoms with E-state index in [2.05, 4.69) is 258 Å². The second-order valence-electron chi connectivity index (χ2n) is 26.8. The van der Waals surface area contributed by atoms with Crippen molar-refractivity contribution in [3.8, 4) is 22.3 Å². The highest BCUT2D eigenvalue weighted by atomic mass is 16.3. The normalized spacial score (nSPS) is 14.5. The van der Waals surface area contributed by atoms with Crippen LogP contribution in [0.15, 0.2) is 215 Å². The summed E-state index contributed by atoms with van der Waals surface area (Å²) in [5, 5.41) is 12.5. The zero-order chi connectivity index (χ0) is 60.7. The molecule has 16 rings (SSSR count). The van der Waals surface area contributed by atoms with Gasteiger partial charge in [0, 0.05) is 54.8 Å². The van der Waals surface area contributed by atoms with Crippen LogP contribution in [0.2, 0.25) is 0 Å². The van der Waals surface area contributed by atoms with Crippen LogP contribution < -0.4 is 9.80 Å². The van der Waals surface area contributed by atoms with Gasteiger partial charge in [-0.15, -0.1) is 0 Å². The number of rotatable bonds is 14. The van der Waals surface area contributed by atoms with E-state index < -0.39 is 0 Å². The Morgan fingerprint density at radius 3 is 1.11 bits per heavy atom. The van der Waals surface area contributed by atoms with Gasteiger partial charge in [-0.2, -0.15) is 0 Å². The van der Waals surface area contributed by atoms with Crippen LogP contribution in [0, 0.1) is 0 Å². The third-order valence-electron chi connectivity index (χ3n) is 20.9. The molecule has 2 aliphatic rings. The molecule has 12 aromatic carbocycles. The van der Waals surface area contributed by atoms with Crippen LogP contribution in [-0.2, 0) is 12.8 Å². The standard InChI is InChI=1S/C86H80N2O2/c1-7-55-25-19-31-59(49-55)87(77-43-23-41-71-69-39-21-37-67(83(69)89-85(71)77)63-35-17-15-33-61(63)53(3)4)79-51-75(57-27-11-9-12-28-57)65-46-48-74-80(52-76(58-29-13-10-14-30-58)66-45-47-73(79)81(65)82(66)74)88(60-32-20-26-56(8-2)50-60)78-44-24-42-72-70-40-22-38-68(84(70)90-86(72)78)64-36-18-16-34-62(64)54(5)6/h15-26,31-54,57-58H,7-14,27-30H2,1-6H3. The summed E-state index contributed by atoms with van der Waals surface area (Å²) in [6.07, 6.45) is 14.1. The van der Waals surface area contributed by atoms with E-state index in [0.29, 0.717) is 23.7 Å². The van der Waals surface area contributed by atoms with Gasteiger partial charge in [-0.3, -0.25) is 0 Å². The maximum absolute atomic E-state index is 7.52. The first-order valence-electron chi connectivity index (χ1n) is 33.9. The van der Waals surface area contributed by atoms with E-state index in [1.54, 1.807) is 0 Å². The number of hydrogen-bond acceptors (Lipinski definition) is 4. The Morgan fingerprint density at radius 1 is 0.333 bits per heavy atom. The van der Waals surface area contributed by atoms with E-state index in [4.69, 9.17) is 8.83 Å². The number of benzene rings is 12. The van der Waals surface area contributed by atoms with Gasteiger partial charge in [0.2, 0.25) is 0 Å². The number of para-hydroxylation sites is 4. The van der Waals surface area contributed by atoms with Crippen LogP contribution in [0.3, 0.4) is 0 Å². The maximum atomic E-state index is 7.52. The maximum Gasteiger partial charge on any atom is 0.159 e. The highest BCUT2D eigenvalue weighted by molar-refractivity contribution is 6.30. The molecule has 0 radical (unpaired) electrons. The lowest BCUT2D eigenvalue weighted by atomic mass is 9.77. The fourth-order valence-electron chi connectivity index (χ4n) is 16.4. The number of hydrogen-bond donors (Lipinski definition) is 0. The molecule has 446 valence electrons. The summed E-state index contributed by atoms with van der Waals surface area (Å²) in [5.74, 6) is 1.55. The van der Waals surface area contributed by atoms with E-state index in [-0.39, 0.29) is 0 Å². The molecule has 14 aromatic rings. The molecular weight excluding hydrogens is 1090 g/mol. The minimum atomic E-state index is 0.355. The lowest BCUT2D eigenvalue weighted by Crippen LogP contribution is -2.15. The Kier molecular flexibility index (Phi) is 14.4. The Hall–Kier alpha value is -9.12. The number of nitrogens with zero attached hydrogens (tertiary/aromatic N) is 2. The molecule has 4 nitrogen and oxygen atoms in total. The van der Waals surface area contributed by atoms with Crippen molar-refractivity contribution in [1.82, 2.24) is 0 Å². The molecule has 0 N–H and O–H groups in total. The van der Waals surface area contributed by atoms with Crippen LogP contribution in [0.4, 0.5) is 34.1 Å². The summed E-state index contributed by atoms with van der Waals surface area (Å²) >= 11 is 0. The van der Waals surface area contributed by atoms with Gasteiger partial charge in [-0.1, -0.05) is 238 Å². The van der Waals surface area contributed by atoms with E-state index in [1.807, 2.05) is 0 Å². The smallest absolute Gasteiger partial charge is 0.159 e. The molecule has 0 unspecified atom stereocenters. The summed E-state index contributed by atoms with van der Waals surface area (Å²) in [6.45, 7) is 13.7. The molecule has 0 saturated heterocycles. The van der Waals surface area contributed by atoms with Gasteiger partial charge in [0.15, 0.2) is 11.2 Å². The van der Waals surface area contributed by atoms with Gasteiger partial charge in [0.25, 0.3) is 0 Å². The van der Waals surface area contributed by atoms with Gasteiger partial charge in [-0.25, -0.2) is 0 Å². The predicted molar refractivity (Wildman–Crippen MR) is 384 cm³/mol. The van der Waals surface area contributed by atoms with Crippen molar-refractivity contribution in [2.24, 2.45) is 0 Å². The summed E-state index contributed by atoms with van der Waals surface area (Å²) in [5.41, 5.74) is 23.3. The minimum absolute atomic E-state index is 0.355.